The van der Waals surface area contributed by atoms with Crippen LogP contribution in [0.25, 0.3) is 0 Å². The summed E-state index contributed by atoms with van der Waals surface area (Å²) in [5, 5.41) is 7.09. The molecule has 0 atom stereocenters. The van der Waals surface area contributed by atoms with Crippen molar-refractivity contribution in [3.8, 4) is 11.8 Å². The molecule has 4 N–H and O–H groups in total. The number of aromatic nitrogens is 4. The molecular formula is C9H6N6O6. The molecule has 3 heterocycles. The van der Waals surface area contributed by atoms with E-state index in [0.717, 1.165) is 0 Å². The maximum Gasteiger partial charge on any atom is 0.328 e. The SMILES string of the molecule is O=c1[nH]c2c(c(=O)[nH]1)N=Nc1c([nH]c(=O)[nH]c1=O)OCO2. The molecule has 0 bridgehead atoms. The molecular weight excluding hydrogens is 288 g/mol. The zero-order valence-corrected chi connectivity index (χ0v) is 10.1. The predicted molar refractivity (Wildman–Crippen MR) is 65.7 cm³/mol. The first-order valence-corrected chi connectivity index (χ1v) is 5.45. The van der Waals surface area contributed by atoms with Crippen LogP contribution in [0.3, 0.4) is 0 Å². The number of nitrogens with one attached hydrogen (secondary N) is 4. The fourth-order valence-electron chi connectivity index (χ4n) is 1.56. The van der Waals surface area contributed by atoms with Crippen LogP contribution in [0.4, 0.5) is 11.4 Å². The van der Waals surface area contributed by atoms with E-state index in [-0.39, 0.29) is 23.1 Å². The molecule has 0 radical (unpaired) electrons. The largest absolute Gasteiger partial charge is 0.440 e. The minimum absolute atomic E-state index is 0.279. The van der Waals surface area contributed by atoms with Gasteiger partial charge in [0.25, 0.3) is 11.1 Å². The second-order valence-electron chi connectivity index (χ2n) is 3.78. The molecule has 2 aromatic heterocycles. The maximum absolute atomic E-state index is 11.6. The first kappa shape index (κ1) is 12.6. The van der Waals surface area contributed by atoms with Crippen molar-refractivity contribution in [2.24, 2.45) is 10.2 Å². The summed E-state index contributed by atoms with van der Waals surface area (Å²) in [6.07, 6.45) is 0. The van der Waals surface area contributed by atoms with Crippen molar-refractivity contribution < 1.29 is 9.47 Å². The minimum atomic E-state index is -0.859. The van der Waals surface area contributed by atoms with Crippen LogP contribution >= 0.6 is 0 Å². The van der Waals surface area contributed by atoms with Crippen molar-refractivity contribution in [1.82, 2.24) is 19.9 Å². The molecule has 1 aliphatic rings. The third kappa shape index (κ3) is 2.24. The summed E-state index contributed by atoms with van der Waals surface area (Å²) >= 11 is 0. The molecule has 12 nitrogen and oxygen atoms in total. The number of aromatic amines is 4. The van der Waals surface area contributed by atoms with E-state index < -0.39 is 29.3 Å². The Balaban J connectivity index is 2.24. The van der Waals surface area contributed by atoms with E-state index in [1.807, 2.05) is 9.97 Å². The molecule has 3 rings (SSSR count). The maximum atomic E-state index is 11.6. The number of fused-ring (bicyclic) bond motifs is 2. The number of rotatable bonds is 0. The van der Waals surface area contributed by atoms with E-state index in [2.05, 4.69) is 20.2 Å². The molecule has 108 valence electrons. The summed E-state index contributed by atoms with van der Waals surface area (Å²) in [7, 11) is 0. The van der Waals surface area contributed by atoms with Gasteiger partial charge in [-0.3, -0.25) is 29.5 Å². The summed E-state index contributed by atoms with van der Waals surface area (Å²) < 4.78 is 10.0. The van der Waals surface area contributed by atoms with E-state index in [0.29, 0.717) is 0 Å². The molecule has 0 spiro atoms. The van der Waals surface area contributed by atoms with Gasteiger partial charge in [-0.25, -0.2) is 9.59 Å². The molecule has 0 unspecified atom stereocenters. The Labute approximate surface area is 112 Å². The second kappa shape index (κ2) is 4.59. The highest BCUT2D eigenvalue weighted by molar-refractivity contribution is 5.48. The van der Waals surface area contributed by atoms with Crippen molar-refractivity contribution >= 4 is 11.4 Å². The Kier molecular flexibility index (Phi) is 2.75. The average Bonchev–Trinajstić information content (AvgIpc) is 2.47. The van der Waals surface area contributed by atoms with E-state index in [1.54, 1.807) is 0 Å². The lowest BCUT2D eigenvalue weighted by molar-refractivity contribution is 0.111. The summed E-state index contributed by atoms with van der Waals surface area (Å²) in [4.78, 5) is 53.8. The normalized spacial score (nSPS) is 13.0. The number of ether oxygens (including phenoxy) is 2. The van der Waals surface area contributed by atoms with Crippen molar-refractivity contribution in [3.63, 3.8) is 0 Å². The Hall–Kier alpha value is -3.44. The minimum Gasteiger partial charge on any atom is -0.440 e. The van der Waals surface area contributed by atoms with Crippen LogP contribution in [0.2, 0.25) is 0 Å². The quantitative estimate of drug-likeness (QED) is 0.463. The van der Waals surface area contributed by atoms with E-state index in [9.17, 15) is 19.2 Å². The van der Waals surface area contributed by atoms with Crippen molar-refractivity contribution in [3.05, 3.63) is 41.7 Å². The fraction of sp³-hybridized carbons (Fsp3) is 0.111. The second-order valence-corrected chi connectivity index (χ2v) is 3.78. The predicted octanol–water partition coefficient (Wildman–Crippen LogP) is -1.42. The van der Waals surface area contributed by atoms with Gasteiger partial charge in [0.1, 0.15) is 0 Å². The topological polar surface area (TPSA) is 175 Å². The lowest BCUT2D eigenvalue weighted by Gasteiger charge is -2.07. The third-order valence-electron chi connectivity index (χ3n) is 2.43. The number of hydrogen-bond donors (Lipinski definition) is 4. The highest BCUT2D eigenvalue weighted by atomic mass is 16.7. The fourth-order valence-corrected chi connectivity index (χ4v) is 1.56. The van der Waals surface area contributed by atoms with Crippen LogP contribution in [-0.2, 0) is 0 Å². The van der Waals surface area contributed by atoms with Gasteiger partial charge in [-0.1, -0.05) is 0 Å². The molecule has 0 fully saturated rings. The zero-order chi connectivity index (χ0) is 15.0. The lowest BCUT2D eigenvalue weighted by atomic mass is 10.5. The number of azo groups is 1. The molecule has 0 amide bonds. The number of hydrogen-bond acceptors (Lipinski definition) is 8. The zero-order valence-electron chi connectivity index (χ0n) is 10.1. The molecule has 2 aromatic rings. The van der Waals surface area contributed by atoms with Crippen molar-refractivity contribution in [2.45, 2.75) is 0 Å². The highest BCUT2D eigenvalue weighted by Crippen LogP contribution is 2.26. The third-order valence-corrected chi connectivity index (χ3v) is 2.43. The van der Waals surface area contributed by atoms with Gasteiger partial charge < -0.3 is 9.47 Å². The van der Waals surface area contributed by atoms with Crippen molar-refractivity contribution in [2.75, 3.05) is 6.79 Å². The first-order chi connectivity index (χ1) is 10.0. The van der Waals surface area contributed by atoms with E-state index in [1.165, 1.54) is 0 Å². The Morgan fingerprint density at radius 2 is 1.14 bits per heavy atom. The van der Waals surface area contributed by atoms with Gasteiger partial charge in [-0.15, -0.1) is 10.2 Å². The van der Waals surface area contributed by atoms with Gasteiger partial charge in [0.05, 0.1) is 0 Å². The summed E-state index contributed by atoms with van der Waals surface area (Å²) in [6.45, 7) is -0.496. The number of nitrogens with zero attached hydrogens (tertiary/aromatic N) is 2. The Morgan fingerprint density at radius 1 is 0.714 bits per heavy atom. The van der Waals surface area contributed by atoms with Crippen molar-refractivity contribution in [1.29, 1.82) is 0 Å². The van der Waals surface area contributed by atoms with Gasteiger partial charge in [-0.05, 0) is 0 Å². The van der Waals surface area contributed by atoms with Crippen LogP contribution < -0.4 is 32.0 Å². The smallest absolute Gasteiger partial charge is 0.328 e. The molecule has 0 saturated carbocycles. The Bertz CT molecular complexity index is 885. The Morgan fingerprint density at radius 3 is 1.57 bits per heavy atom. The van der Waals surface area contributed by atoms with Gasteiger partial charge in [0.15, 0.2) is 0 Å². The number of H-pyrrole nitrogens is 4. The monoisotopic (exact) mass is 294 g/mol. The highest BCUT2D eigenvalue weighted by Gasteiger charge is 2.17. The molecule has 12 heteroatoms. The molecule has 0 aromatic carbocycles. The van der Waals surface area contributed by atoms with E-state index in [4.69, 9.17) is 9.47 Å². The molecule has 1 aliphatic heterocycles. The van der Waals surface area contributed by atoms with Gasteiger partial charge in [0, 0.05) is 0 Å². The summed E-state index contributed by atoms with van der Waals surface area (Å²) in [5.41, 5.74) is -4.04. The van der Waals surface area contributed by atoms with Crippen LogP contribution in [0.5, 0.6) is 11.8 Å². The van der Waals surface area contributed by atoms with Gasteiger partial charge in [-0.2, -0.15) is 0 Å². The summed E-state index contributed by atoms with van der Waals surface area (Å²) in [5.74, 6) is -0.557. The lowest BCUT2D eigenvalue weighted by Crippen LogP contribution is -2.24. The summed E-state index contributed by atoms with van der Waals surface area (Å²) in [6, 6.07) is 0. The standard InChI is InChI=1S/C9H6N6O6/c16-4-2-6(12-8(18)10-4)20-1-21-7-3(15-14-2)5(17)11-9(19)13-7/h1H2,(H2,10,12,16,18)(H2,11,13,17,19). The van der Waals surface area contributed by atoms with Crippen LogP contribution in [-0.4, -0.2) is 26.7 Å². The molecule has 21 heavy (non-hydrogen) atoms. The van der Waals surface area contributed by atoms with Gasteiger partial charge in [0.2, 0.25) is 29.9 Å². The van der Waals surface area contributed by atoms with E-state index >= 15 is 0 Å². The molecule has 0 aliphatic carbocycles. The van der Waals surface area contributed by atoms with Crippen LogP contribution in [0.15, 0.2) is 29.4 Å². The molecule has 0 saturated heterocycles. The average molecular weight is 294 g/mol. The van der Waals surface area contributed by atoms with Gasteiger partial charge >= 0.3 is 11.4 Å². The van der Waals surface area contributed by atoms with Crippen LogP contribution in [0.1, 0.15) is 0 Å². The van der Waals surface area contributed by atoms with Crippen LogP contribution in [0, 0.1) is 0 Å². The first-order valence-electron chi connectivity index (χ1n) is 5.45.